The van der Waals surface area contributed by atoms with E-state index < -0.39 is 0 Å². The molecule has 3 nitrogen and oxygen atoms in total. The summed E-state index contributed by atoms with van der Waals surface area (Å²) in [7, 11) is 0. The van der Waals surface area contributed by atoms with Crippen molar-refractivity contribution in [2.45, 2.75) is 63.8 Å². The Kier molecular flexibility index (Phi) is 3.24. The summed E-state index contributed by atoms with van der Waals surface area (Å²) in [6.07, 6.45) is 14.4. The summed E-state index contributed by atoms with van der Waals surface area (Å²) in [6, 6.07) is 0. The Morgan fingerprint density at radius 3 is 2.68 bits per heavy atom. The minimum atomic E-state index is -0.311. The zero-order valence-corrected chi connectivity index (χ0v) is 13.8. The molecule has 3 saturated carbocycles. The molecule has 2 unspecified atom stereocenters. The van der Waals surface area contributed by atoms with Crippen LogP contribution in [0.3, 0.4) is 0 Å². The van der Waals surface area contributed by atoms with Crippen molar-refractivity contribution in [3.63, 3.8) is 0 Å². The van der Waals surface area contributed by atoms with Crippen molar-refractivity contribution < 1.29 is 4.79 Å². The standard InChI is InChI=1S/C19H30N2O/c1-18-10-3-2-4-12(18)5-6-13-14(18)9-11-19(21)15(13)7-8-16(19)17(20)22/h3,10,12-16H,2,4-9,11,21H2,1H3,(H2,20,22)/t12?,13-,14+,15+,16?,18+,19-/m1/s1. The van der Waals surface area contributed by atoms with Crippen molar-refractivity contribution >= 4 is 5.91 Å². The molecule has 4 N–H and O–H groups in total. The Hall–Kier alpha value is -0.830. The van der Waals surface area contributed by atoms with Gasteiger partial charge in [-0.15, -0.1) is 0 Å². The first-order valence-electron chi connectivity index (χ1n) is 9.22. The first-order valence-corrected chi connectivity index (χ1v) is 9.22. The lowest BCUT2D eigenvalue weighted by Gasteiger charge is -2.58. The Morgan fingerprint density at radius 2 is 1.91 bits per heavy atom. The fraction of sp³-hybridized carbons (Fsp3) is 0.842. The van der Waals surface area contributed by atoms with Crippen LogP contribution in [0.4, 0.5) is 0 Å². The third kappa shape index (κ3) is 1.81. The van der Waals surface area contributed by atoms with Gasteiger partial charge in [-0.3, -0.25) is 4.79 Å². The highest BCUT2D eigenvalue weighted by Crippen LogP contribution is 2.63. The van der Waals surface area contributed by atoms with E-state index in [4.69, 9.17) is 11.5 Å². The lowest BCUT2D eigenvalue weighted by molar-refractivity contribution is -0.125. The molecule has 0 aliphatic heterocycles. The molecule has 4 aliphatic rings. The van der Waals surface area contributed by atoms with Gasteiger partial charge in [0.15, 0.2) is 0 Å². The van der Waals surface area contributed by atoms with Crippen LogP contribution in [0.1, 0.15) is 58.3 Å². The van der Waals surface area contributed by atoms with Crippen LogP contribution in [0, 0.1) is 35.0 Å². The molecule has 122 valence electrons. The van der Waals surface area contributed by atoms with Crippen molar-refractivity contribution in [3.8, 4) is 0 Å². The quantitative estimate of drug-likeness (QED) is 0.731. The van der Waals surface area contributed by atoms with E-state index in [1.54, 1.807) is 0 Å². The highest BCUT2D eigenvalue weighted by atomic mass is 16.1. The van der Waals surface area contributed by atoms with Crippen molar-refractivity contribution in [2.75, 3.05) is 0 Å². The number of hydrogen-bond acceptors (Lipinski definition) is 2. The predicted octanol–water partition coefficient (Wildman–Crippen LogP) is 2.99. The summed E-state index contributed by atoms with van der Waals surface area (Å²) in [6.45, 7) is 2.49. The molecule has 0 bridgehead atoms. The smallest absolute Gasteiger partial charge is 0.222 e. The molecule has 0 saturated heterocycles. The van der Waals surface area contributed by atoms with Crippen molar-refractivity contribution in [1.82, 2.24) is 0 Å². The third-order valence-corrected chi connectivity index (χ3v) is 8.06. The van der Waals surface area contributed by atoms with Crippen molar-refractivity contribution in [3.05, 3.63) is 12.2 Å². The fourth-order valence-electron chi connectivity index (χ4n) is 6.95. The van der Waals surface area contributed by atoms with Crippen LogP contribution in [0.15, 0.2) is 12.2 Å². The van der Waals surface area contributed by atoms with Crippen molar-refractivity contribution in [2.24, 2.45) is 46.5 Å². The Morgan fingerprint density at radius 1 is 1.09 bits per heavy atom. The van der Waals surface area contributed by atoms with E-state index in [9.17, 15) is 4.79 Å². The summed E-state index contributed by atoms with van der Waals surface area (Å²) in [5, 5.41) is 0. The number of rotatable bonds is 1. The predicted molar refractivity (Wildman–Crippen MR) is 87.7 cm³/mol. The largest absolute Gasteiger partial charge is 0.369 e. The van der Waals surface area contributed by atoms with Gasteiger partial charge in [0.2, 0.25) is 5.91 Å². The van der Waals surface area contributed by atoms with E-state index in [2.05, 4.69) is 19.1 Å². The average Bonchev–Trinajstić information content (AvgIpc) is 2.84. The molecule has 0 aromatic rings. The number of amides is 1. The molecular weight excluding hydrogens is 272 g/mol. The van der Waals surface area contributed by atoms with Gasteiger partial charge in [-0.1, -0.05) is 19.1 Å². The molecule has 4 rings (SSSR count). The second-order valence-corrected chi connectivity index (χ2v) is 8.68. The lowest BCUT2D eigenvalue weighted by atomic mass is 9.47. The maximum absolute atomic E-state index is 11.8. The van der Waals surface area contributed by atoms with Gasteiger partial charge in [0.05, 0.1) is 5.92 Å². The van der Waals surface area contributed by atoms with Gasteiger partial charge in [0.1, 0.15) is 0 Å². The molecule has 0 heterocycles. The molecule has 22 heavy (non-hydrogen) atoms. The SMILES string of the molecule is C[C@]12C=CCCC1CC[C@@H]1[C@@H]2CC[C@]2(N)C(C(N)=O)CC[C@@H]12. The Balaban J connectivity index is 1.66. The molecule has 1 amide bonds. The van der Waals surface area contributed by atoms with Gasteiger partial charge in [0, 0.05) is 5.54 Å². The molecule has 0 aromatic heterocycles. The molecule has 4 aliphatic carbocycles. The summed E-state index contributed by atoms with van der Waals surface area (Å²) in [4.78, 5) is 11.8. The van der Waals surface area contributed by atoms with Crippen LogP contribution in [0.5, 0.6) is 0 Å². The number of carbonyl (C=O) groups excluding carboxylic acids is 1. The normalized spacial score (nSPS) is 53.5. The van der Waals surface area contributed by atoms with Gasteiger partial charge in [-0.2, -0.15) is 0 Å². The third-order valence-electron chi connectivity index (χ3n) is 8.06. The first-order chi connectivity index (χ1) is 10.5. The number of primary amides is 1. The molecule has 0 radical (unpaired) electrons. The van der Waals surface area contributed by atoms with E-state index in [0.29, 0.717) is 17.3 Å². The second kappa shape index (κ2) is 4.83. The van der Waals surface area contributed by atoms with Gasteiger partial charge in [-0.25, -0.2) is 0 Å². The minimum absolute atomic E-state index is 0.0918. The molecule has 3 heteroatoms. The molecule has 3 fully saturated rings. The summed E-state index contributed by atoms with van der Waals surface area (Å²) >= 11 is 0. The minimum Gasteiger partial charge on any atom is -0.369 e. The van der Waals surface area contributed by atoms with E-state index in [1.807, 2.05) is 0 Å². The van der Waals surface area contributed by atoms with Crippen LogP contribution in [-0.4, -0.2) is 11.4 Å². The van der Waals surface area contributed by atoms with E-state index >= 15 is 0 Å². The highest BCUT2D eigenvalue weighted by Gasteiger charge is 2.60. The monoisotopic (exact) mass is 302 g/mol. The molecule has 7 atom stereocenters. The maximum atomic E-state index is 11.8. The Labute approximate surface area is 133 Å². The van der Waals surface area contributed by atoms with Crippen LogP contribution in [0.25, 0.3) is 0 Å². The molecule has 0 spiro atoms. The average molecular weight is 302 g/mol. The van der Waals surface area contributed by atoms with E-state index in [-0.39, 0.29) is 17.4 Å². The number of allylic oxidation sites excluding steroid dienone is 2. The summed E-state index contributed by atoms with van der Waals surface area (Å²) in [5.74, 6) is 2.57. The van der Waals surface area contributed by atoms with Gasteiger partial charge in [-0.05, 0) is 80.5 Å². The summed E-state index contributed by atoms with van der Waals surface area (Å²) < 4.78 is 0. The van der Waals surface area contributed by atoms with E-state index in [1.165, 1.54) is 32.1 Å². The maximum Gasteiger partial charge on any atom is 0.222 e. The second-order valence-electron chi connectivity index (χ2n) is 8.68. The van der Waals surface area contributed by atoms with Crippen LogP contribution in [-0.2, 0) is 4.79 Å². The molecular formula is C19H30N2O. The molecule has 0 aromatic carbocycles. The topological polar surface area (TPSA) is 69.1 Å². The van der Waals surface area contributed by atoms with Gasteiger partial charge < -0.3 is 11.5 Å². The number of carbonyl (C=O) groups is 1. The van der Waals surface area contributed by atoms with Gasteiger partial charge in [0.25, 0.3) is 0 Å². The van der Waals surface area contributed by atoms with Crippen LogP contribution >= 0.6 is 0 Å². The zero-order valence-electron chi connectivity index (χ0n) is 13.8. The van der Waals surface area contributed by atoms with Gasteiger partial charge >= 0.3 is 0 Å². The fourth-order valence-corrected chi connectivity index (χ4v) is 6.95. The Bertz CT molecular complexity index is 516. The van der Waals surface area contributed by atoms with E-state index in [0.717, 1.165) is 31.1 Å². The number of fused-ring (bicyclic) bond motifs is 5. The first kappa shape index (κ1) is 14.7. The number of hydrogen-bond donors (Lipinski definition) is 2. The summed E-state index contributed by atoms with van der Waals surface area (Å²) in [5.41, 5.74) is 12.5. The highest BCUT2D eigenvalue weighted by molar-refractivity contribution is 5.78. The lowest BCUT2D eigenvalue weighted by Crippen LogP contribution is -2.61. The number of nitrogens with two attached hydrogens (primary N) is 2. The zero-order chi connectivity index (χ0) is 15.5. The van der Waals surface area contributed by atoms with Crippen molar-refractivity contribution in [1.29, 1.82) is 0 Å². The van der Waals surface area contributed by atoms with Crippen LogP contribution in [0.2, 0.25) is 0 Å². The van der Waals surface area contributed by atoms with Crippen LogP contribution < -0.4 is 11.5 Å².